The van der Waals surface area contributed by atoms with Crippen LogP contribution in [0.4, 0.5) is 11.4 Å². The first-order valence-electron chi connectivity index (χ1n) is 5.94. The topological polar surface area (TPSA) is 38.0 Å². The summed E-state index contributed by atoms with van der Waals surface area (Å²) in [7, 11) is 0. The number of hydrogen-bond acceptors (Lipinski definition) is 2. The zero-order valence-corrected chi connectivity index (χ0v) is 11.3. The number of halogens is 1. The Bertz CT molecular complexity index is 552. The predicted molar refractivity (Wildman–Crippen MR) is 79.1 cm³/mol. The van der Waals surface area contributed by atoms with Crippen molar-refractivity contribution < 1.29 is 0 Å². The van der Waals surface area contributed by atoms with E-state index in [1.807, 2.05) is 49.4 Å². The van der Waals surface area contributed by atoms with Crippen LogP contribution in [0, 0.1) is 6.92 Å². The SMILES string of the molecule is Cc1ccc(NC(C)c2cccc(Cl)c2)c(N)c1. The van der Waals surface area contributed by atoms with Gasteiger partial charge >= 0.3 is 0 Å². The molecule has 0 amide bonds. The first-order valence-corrected chi connectivity index (χ1v) is 6.32. The molecule has 1 unspecified atom stereocenters. The van der Waals surface area contributed by atoms with Crippen LogP contribution < -0.4 is 11.1 Å². The predicted octanol–water partition coefficient (Wildman–Crippen LogP) is 4.40. The normalized spacial score (nSPS) is 12.2. The van der Waals surface area contributed by atoms with Crippen molar-refractivity contribution >= 4 is 23.0 Å². The van der Waals surface area contributed by atoms with Gasteiger partial charge in [-0.2, -0.15) is 0 Å². The van der Waals surface area contributed by atoms with E-state index in [9.17, 15) is 0 Å². The zero-order chi connectivity index (χ0) is 13.1. The summed E-state index contributed by atoms with van der Waals surface area (Å²) in [5.41, 5.74) is 10.0. The lowest BCUT2D eigenvalue weighted by molar-refractivity contribution is 0.885. The van der Waals surface area contributed by atoms with Gasteiger partial charge in [-0.05, 0) is 49.2 Å². The van der Waals surface area contributed by atoms with Crippen LogP contribution in [0.15, 0.2) is 42.5 Å². The molecule has 1 atom stereocenters. The van der Waals surface area contributed by atoms with Crippen LogP contribution in [-0.2, 0) is 0 Å². The first kappa shape index (κ1) is 12.8. The second-order valence-corrected chi connectivity index (χ2v) is 4.95. The molecule has 2 aromatic rings. The van der Waals surface area contributed by atoms with Crippen molar-refractivity contribution in [3.8, 4) is 0 Å². The van der Waals surface area contributed by atoms with E-state index in [1.165, 1.54) is 0 Å². The van der Waals surface area contributed by atoms with E-state index in [2.05, 4.69) is 12.2 Å². The van der Waals surface area contributed by atoms with Gasteiger partial charge in [-0.3, -0.25) is 0 Å². The van der Waals surface area contributed by atoms with E-state index in [-0.39, 0.29) is 6.04 Å². The summed E-state index contributed by atoms with van der Waals surface area (Å²) in [6.07, 6.45) is 0. The van der Waals surface area contributed by atoms with Gasteiger partial charge in [0.15, 0.2) is 0 Å². The lowest BCUT2D eigenvalue weighted by Gasteiger charge is -2.17. The van der Waals surface area contributed by atoms with E-state index in [0.29, 0.717) is 0 Å². The Morgan fingerprint density at radius 3 is 2.61 bits per heavy atom. The average molecular weight is 261 g/mol. The van der Waals surface area contributed by atoms with Crippen molar-refractivity contribution in [1.82, 2.24) is 0 Å². The van der Waals surface area contributed by atoms with E-state index < -0.39 is 0 Å². The van der Waals surface area contributed by atoms with Crippen LogP contribution in [0.5, 0.6) is 0 Å². The average Bonchev–Trinajstić information content (AvgIpc) is 2.32. The first-order chi connectivity index (χ1) is 8.56. The number of benzene rings is 2. The highest BCUT2D eigenvalue weighted by Gasteiger charge is 2.07. The second-order valence-electron chi connectivity index (χ2n) is 4.51. The molecule has 0 bridgehead atoms. The van der Waals surface area contributed by atoms with Gasteiger partial charge in [-0.15, -0.1) is 0 Å². The van der Waals surface area contributed by atoms with Crippen molar-refractivity contribution in [3.63, 3.8) is 0 Å². The minimum Gasteiger partial charge on any atom is -0.397 e. The van der Waals surface area contributed by atoms with Crippen molar-refractivity contribution in [3.05, 3.63) is 58.6 Å². The van der Waals surface area contributed by atoms with Crippen LogP contribution >= 0.6 is 11.6 Å². The third kappa shape index (κ3) is 2.96. The van der Waals surface area contributed by atoms with Gasteiger partial charge in [0.1, 0.15) is 0 Å². The Morgan fingerprint density at radius 1 is 1.17 bits per heavy atom. The van der Waals surface area contributed by atoms with Crippen molar-refractivity contribution in [2.24, 2.45) is 0 Å². The van der Waals surface area contributed by atoms with Gasteiger partial charge in [0.2, 0.25) is 0 Å². The highest BCUT2D eigenvalue weighted by atomic mass is 35.5. The fourth-order valence-corrected chi connectivity index (χ4v) is 2.10. The molecule has 2 nitrogen and oxygen atoms in total. The number of hydrogen-bond donors (Lipinski definition) is 2. The lowest BCUT2D eigenvalue weighted by Crippen LogP contribution is -2.08. The van der Waals surface area contributed by atoms with Gasteiger partial charge < -0.3 is 11.1 Å². The Morgan fingerprint density at radius 2 is 1.94 bits per heavy atom. The lowest BCUT2D eigenvalue weighted by atomic mass is 10.1. The second kappa shape index (κ2) is 5.32. The molecular weight excluding hydrogens is 244 g/mol. The largest absolute Gasteiger partial charge is 0.397 e. The Kier molecular flexibility index (Phi) is 3.78. The van der Waals surface area contributed by atoms with Gasteiger partial charge in [-0.25, -0.2) is 0 Å². The summed E-state index contributed by atoms with van der Waals surface area (Å²) >= 11 is 5.99. The third-order valence-corrected chi connectivity index (χ3v) is 3.16. The fraction of sp³-hybridized carbons (Fsp3) is 0.200. The van der Waals surface area contributed by atoms with Gasteiger partial charge in [0, 0.05) is 11.1 Å². The summed E-state index contributed by atoms with van der Waals surface area (Å²) < 4.78 is 0. The highest BCUT2D eigenvalue weighted by Crippen LogP contribution is 2.26. The molecule has 2 aromatic carbocycles. The highest BCUT2D eigenvalue weighted by molar-refractivity contribution is 6.30. The van der Waals surface area contributed by atoms with Crippen molar-refractivity contribution in [2.75, 3.05) is 11.1 Å². The quantitative estimate of drug-likeness (QED) is 0.803. The molecule has 0 aromatic heterocycles. The van der Waals surface area contributed by atoms with E-state index in [4.69, 9.17) is 17.3 Å². The van der Waals surface area contributed by atoms with E-state index in [0.717, 1.165) is 27.5 Å². The van der Waals surface area contributed by atoms with Crippen LogP contribution in [-0.4, -0.2) is 0 Å². The Labute approximate surface area is 113 Å². The monoisotopic (exact) mass is 260 g/mol. The van der Waals surface area contributed by atoms with Gasteiger partial charge in [0.05, 0.1) is 11.4 Å². The molecular formula is C15H17ClN2. The standard InChI is InChI=1S/C15H17ClN2/c1-10-6-7-15(14(17)8-10)18-11(2)12-4-3-5-13(16)9-12/h3-9,11,18H,17H2,1-2H3. The maximum atomic E-state index is 5.99. The van der Waals surface area contributed by atoms with Gasteiger partial charge in [-0.1, -0.05) is 29.8 Å². The molecule has 2 rings (SSSR count). The Hall–Kier alpha value is -1.67. The molecule has 3 heteroatoms. The van der Waals surface area contributed by atoms with E-state index >= 15 is 0 Å². The molecule has 0 aliphatic heterocycles. The molecule has 0 saturated heterocycles. The maximum absolute atomic E-state index is 5.99. The molecule has 94 valence electrons. The third-order valence-electron chi connectivity index (χ3n) is 2.93. The van der Waals surface area contributed by atoms with Crippen LogP contribution in [0.2, 0.25) is 5.02 Å². The molecule has 18 heavy (non-hydrogen) atoms. The molecule has 0 spiro atoms. The summed E-state index contributed by atoms with van der Waals surface area (Å²) in [4.78, 5) is 0. The summed E-state index contributed by atoms with van der Waals surface area (Å²) in [6, 6.07) is 14.0. The smallest absolute Gasteiger partial charge is 0.0578 e. The molecule has 3 N–H and O–H groups in total. The molecule has 0 heterocycles. The number of anilines is 2. The number of nitrogen functional groups attached to an aromatic ring is 1. The van der Waals surface area contributed by atoms with Gasteiger partial charge in [0.25, 0.3) is 0 Å². The molecule has 0 saturated carbocycles. The number of aryl methyl sites for hydroxylation is 1. The van der Waals surface area contributed by atoms with Crippen molar-refractivity contribution in [1.29, 1.82) is 0 Å². The maximum Gasteiger partial charge on any atom is 0.0578 e. The minimum absolute atomic E-state index is 0.161. The number of nitrogens with two attached hydrogens (primary N) is 1. The van der Waals surface area contributed by atoms with E-state index in [1.54, 1.807) is 0 Å². The van der Waals surface area contributed by atoms with Crippen LogP contribution in [0.1, 0.15) is 24.1 Å². The molecule has 0 aliphatic carbocycles. The summed E-state index contributed by atoms with van der Waals surface area (Å²) in [5.74, 6) is 0. The number of rotatable bonds is 3. The molecule has 0 aliphatic rings. The molecule has 0 radical (unpaired) electrons. The fourth-order valence-electron chi connectivity index (χ4n) is 1.91. The van der Waals surface area contributed by atoms with Crippen LogP contribution in [0.25, 0.3) is 0 Å². The summed E-state index contributed by atoms with van der Waals surface area (Å²) in [6.45, 7) is 4.12. The minimum atomic E-state index is 0.161. The number of nitrogens with one attached hydrogen (secondary N) is 1. The molecule has 0 fully saturated rings. The van der Waals surface area contributed by atoms with Crippen molar-refractivity contribution in [2.45, 2.75) is 19.9 Å². The van der Waals surface area contributed by atoms with Crippen LogP contribution in [0.3, 0.4) is 0 Å². The summed E-state index contributed by atoms with van der Waals surface area (Å²) in [5, 5.41) is 4.15. The Balaban J connectivity index is 2.18. The zero-order valence-electron chi connectivity index (χ0n) is 10.6.